The topological polar surface area (TPSA) is 56.4 Å². The van der Waals surface area contributed by atoms with Crippen molar-refractivity contribution in [2.45, 2.75) is 25.7 Å². The van der Waals surface area contributed by atoms with Crippen LogP contribution in [-0.4, -0.2) is 54.9 Å². The first-order valence-corrected chi connectivity index (χ1v) is 6.51. The van der Waals surface area contributed by atoms with Crippen molar-refractivity contribution >= 4 is 5.84 Å². The van der Waals surface area contributed by atoms with Crippen LogP contribution in [-0.2, 0) is 0 Å². The number of rotatable bonds is 6. The molecule has 0 spiro atoms. The maximum absolute atomic E-state index is 7.18. The molecule has 0 aromatic rings. The average molecular weight is 224 g/mol. The zero-order chi connectivity index (χ0) is 11.4. The fraction of sp³-hybridized carbons (Fsp3) is 0.917. The van der Waals surface area contributed by atoms with E-state index in [1.807, 2.05) is 0 Å². The molecule has 0 amide bonds. The molecule has 2 aliphatic rings. The number of hydrogen-bond donors (Lipinski definition) is 2. The lowest BCUT2D eigenvalue weighted by Crippen LogP contribution is -2.47. The molecule has 4 nitrogen and oxygen atoms in total. The van der Waals surface area contributed by atoms with Crippen LogP contribution in [0.2, 0.25) is 0 Å². The second-order valence-electron chi connectivity index (χ2n) is 5.21. The van der Waals surface area contributed by atoms with Crippen LogP contribution in [0.1, 0.15) is 25.7 Å². The number of nitrogens with zero attached hydrogens (tertiary/aromatic N) is 2. The van der Waals surface area contributed by atoms with Gasteiger partial charge in [-0.1, -0.05) is 0 Å². The van der Waals surface area contributed by atoms with Gasteiger partial charge >= 0.3 is 0 Å². The van der Waals surface area contributed by atoms with Crippen LogP contribution >= 0.6 is 0 Å². The molecule has 0 bridgehead atoms. The molecule has 0 aromatic heterocycles. The van der Waals surface area contributed by atoms with Crippen molar-refractivity contribution in [2.24, 2.45) is 11.7 Å². The van der Waals surface area contributed by atoms with Gasteiger partial charge in [-0.2, -0.15) is 0 Å². The van der Waals surface area contributed by atoms with Crippen molar-refractivity contribution in [2.75, 3.05) is 39.3 Å². The predicted octanol–water partition coefficient (Wildman–Crippen LogP) is 0.730. The molecule has 1 aliphatic carbocycles. The standard InChI is InChI=1S/C12H24N4/c13-12(14)2-1-5-15-6-8-16(9-7-15)10-11-3-4-11/h11H,1-10H2,(H3,13,14). The Labute approximate surface area is 98.3 Å². The Hall–Kier alpha value is -0.610. The van der Waals surface area contributed by atoms with E-state index in [1.54, 1.807) is 0 Å². The molecule has 0 aromatic carbocycles. The van der Waals surface area contributed by atoms with Crippen molar-refractivity contribution in [3.63, 3.8) is 0 Å². The largest absolute Gasteiger partial charge is 0.388 e. The van der Waals surface area contributed by atoms with Gasteiger partial charge in [-0.05, 0) is 31.7 Å². The fourth-order valence-corrected chi connectivity index (χ4v) is 2.35. The predicted molar refractivity (Wildman–Crippen MR) is 66.8 cm³/mol. The van der Waals surface area contributed by atoms with Gasteiger partial charge in [0, 0.05) is 39.1 Å². The van der Waals surface area contributed by atoms with Crippen LogP contribution in [0.25, 0.3) is 0 Å². The number of piperazine rings is 1. The summed E-state index contributed by atoms with van der Waals surface area (Å²) in [6.07, 6.45) is 4.71. The van der Waals surface area contributed by atoms with E-state index in [0.717, 1.165) is 25.3 Å². The van der Waals surface area contributed by atoms with E-state index in [4.69, 9.17) is 11.1 Å². The first kappa shape index (κ1) is 11.9. The summed E-state index contributed by atoms with van der Waals surface area (Å²) in [6.45, 7) is 7.31. The maximum Gasteiger partial charge on any atom is 0.0905 e. The molecule has 0 atom stereocenters. The van der Waals surface area contributed by atoms with Gasteiger partial charge in [-0.3, -0.25) is 5.41 Å². The summed E-state index contributed by atoms with van der Waals surface area (Å²) < 4.78 is 0. The highest BCUT2D eigenvalue weighted by Crippen LogP contribution is 2.29. The molecular weight excluding hydrogens is 200 g/mol. The minimum Gasteiger partial charge on any atom is -0.388 e. The quantitative estimate of drug-likeness (QED) is 0.516. The van der Waals surface area contributed by atoms with E-state index in [2.05, 4.69) is 9.80 Å². The normalized spacial score (nSPS) is 23.5. The maximum atomic E-state index is 7.18. The summed E-state index contributed by atoms with van der Waals surface area (Å²) >= 11 is 0. The second-order valence-corrected chi connectivity index (χ2v) is 5.21. The van der Waals surface area contributed by atoms with Crippen molar-refractivity contribution in [3.05, 3.63) is 0 Å². The summed E-state index contributed by atoms with van der Waals surface area (Å²) in [5.74, 6) is 1.34. The highest BCUT2D eigenvalue weighted by atomic mass is 15.3. The number of nitrogens with one attached hydrogen (secondary N) is 1. The zero-order valence-corrected chi connectivity index (χ0v) is 10.1. The van der Waals surface area contributed by atoms with E-state index in [1.165, 1.54) is 45.6 Å². The second kappa shape index (κ2) is 5.64. The lowest BCUT2D eigenvalue weighted by atomic mass is 10.2. The number of hydrogen-bond acceptors (Lipinski definition) is 3. The van der Waals surface area contributed by atoms with Crippen LogP contribution in [0, 0.1) is 11.3 Å². The van der Waals surface area contributed by atoms with Crippen molar-refractivity contribution in [1.82, 2.24) is 9.80 Å². The van der Waals surface area contributed by atoms with E-state index < -0.39 is 0 Å². The fourth-order valence-electron chi connectivity index (χ4n) is 2.35. The van der Waals surface area contributed by atoms with Crippen LogP contribution in [0.15, 0.2) is 0 Å². The Morgan fingerprint density at radius 1 is 1.12 bits per heavy atom. The van der Waals surface area contributed by atoms with Crippen molar-refractivity contribution in [3.8, 4) is 0 Å². The third-order valence-corrected chi connectivity index (χ3v) is 3.60. The summed E-state index contributed by atoms with van der Waals surface area (Å²) in [5.41, 5.74) is 5.35. The zero-order valence-electron chi connectivity index (χ0n) is 10.1. The van der Waals surface area contributed by atoms with Gasteiger partial charge in [-0.15, -0.1) is 0 Å². The molecule has 1 saturated heterocycles. The Balaban J connectivity index is 1.55. The van der Waals surface area contributed by atoms with Gasteiger partial charge in [0.1, 0.15) is 0 Å². The Kier molecular flexibility index (Phi) is 4.18. The van der Waals surface area contributed by atoms with Gasteiger partial charge in [0.25, 0.3) is 0 Å². The third-order valence-electron chi connectivity index (χ3n) is 3.60. The molecule has 2 rings (SSSR count). The van der Waals surface area contributed by atoms with Crippen LogP contribution in [0.4, 0.5) is 0 Å². The molecule has 2 fully saturated rings. The molecule has 1 aliphatic heterocycles. The van der Waals surface area contributed by atoms with Crippen LogP contribution in [0.5, 0.6) is 0 Å². The highest BCUT2D eigenvalue weighted by molar-refractivity contribution is 5.76. The van der Waals surface area contributed by atoms with Gasteiger partial charge in [-0.25, -0.2) is 0 Å². The van der Waals surface area contributed by atoms with Crippen LogP contribution < -0.4 is 5.73 Å². The minimum absolute atomic E-state index is 0.326. The van der Waals surface area contributed by atoms with Gasteiger partial charge in [0.15, 0.2) is 0 Å². The number of amidine groups is 1. The Bertz CT molecular complexity index is 229. The minimum atomic E-state index is 0.326. The monoisotopic (exact) mass is 224 g/mol. The van der Waals surface area contributed by atoms with E-state index in [-0.39, 0.29) is 0 Å². The molecule has 16 heavy (non-hydrogen) atoms. The highest BCUT2D eigenvalue weighted by Gasteiger charge is 2.26. The van der Waals surface area contributed by atoms with Crippen LogP contribution in [0.3, 0.4) is 0 Å². The summed E-state index contributed by atoms with van der Waals surface area (Å²) in [6, 6.07) is 0. The smallest absolute Gasteiger partial charge is 0.0905 e. The summed E-state index contributed by atoms with van der Waals surface area (Å²) in [4.78, 5) is 5.12. The molecular formula is C12H24N4. The third kappa shape index (κ3) is 4.10. The lowest BCUT2D eigenvalue weighted by molar-refractivity contribution is 0.128. The van der Waals surface area contributed by atoms with Gasteiger partial charge < -0.3 is 15.5 Å². The molecule has 4 heteroatoms. The summed E-state index contributed by atoms with van der Waals surface area (Å²) in [5, 5.41) is 7.18. The molecule has 3 N–H and O–H groups in total. The molecule has 1 heterocycles. The lowest BCUT2D eigenvalue weighted by Gasteiger charge is -2.34. The van der Waals surface area contributed by atoms with E-state index in [0.29, 0.717) is 5.84 Å². The van der Waals surface area contributed by atoms with Crippen molar-refractivity contribution in [1.29, 1.82) is 5.41 Å². The first-order chi connectivity index (χ1) is 7.74. The molecule has 0 radical (unpaired) electrons. The number of nitrogens with two attached hydrogens (primary N) is 1. The SMILES string of the molecule is N=C(N)CCCN1CCN(CC2CC2)CC1. The molecule has 92 valence electrons. The average Bonchev–Trinajstić information content (AvgIpc) is 3.04. The van der Waals surface area contributed by atoms with E-state index in [9.17, 15) is 0 Å². The van der Waals surface area contributed by atoms with Crippen molar-refractivity contribution < 1.29 is 0 Å². The van der Waals surface area contributed by atoms with Gasteiger partial charge in [0.05, 0.1) is 5.84 Å². The first-order valence-electron chi connectivity index (χ1n) is 6.51. The Morgan fingerprint density at radius 2 is 1.75 bits per heavy atom. The summed E-state index contributed by atoms with van der Waals surface area (Å²) in [7, 11) is 0. The van der Waals surface area contributed by atoms with Gasteiger partial charge in [0.2, 0.25) is 0 Å². The molecule has 1 saturated carbocycles. The Morgan fingerprint density at radius 3 is 2.31 bits per heavy atom. The molecule has 0 unspecified atom stereocenters. The van der Waals surface area contributed by atoms with E-state index >= 15 is 0 Å².